The maximum atomic E-state index is 5.87. The van der Waals surface area contributed by atoms with Crippen LogP contribution < -0.4 is 19.5 Å². The Morgan fingerprint density at radius 3 is 3.04 bits per heavy atom. The Labute approximate surface area is 136 Å². The summed E-state index contributed by atoms with van der Waals surface area (Å²) in [6.45, 7) is 4.86. The molecular weight excluding hydrogens is 296 g/mol. The third-order valence-corrected chi connectivity index (χ3v) is 4.65. The van der Waals surface area contributed by atoms with Crippen LogP contribution in [0.25, 0.3) is 0 Å². The minimum atomic E-state index is 0.259. The van der Waals surface area contributed by atoms with E-state index in [1.807, 2.05) is 12.1 Å². The van der Waals surface area contributed by atoms with Crippen LogP contribution in [0.5, 0.6) is 17.2 Å². The van der Waals surface area contributed by atoms with Crippen molar-refractivity contribution in [1.82, 2.24) is 10.2 Å². The lowest BCUT2D eigenvalue weighted by molar-refractivity contribution is -0.0301. The van der Waals surface area contributed by atoms with E-state index in [0.717, 1.165) is 55.9 Å². The molecule has 2 aliphatic heterocycles. The van der Waals surface area contributed by atoms with Gasteiger partial charge in [0.2, 0.25) is 12.5 Å². The molecule has 126 valence electrons. The molecule has 0 bridgehead atoms. The maximum Gasteiger partial charge on any atom is 0.231 e. The number of morpholine rings is 1. The summed E-state index contributed by atoms with van der Waals surface area (Å²) < 4.78 is 22.1. The zero-order valence-corrected chi connectivity index (χ0v) is 13.5. The van der Waals surface area contributed by atoms with Gasteiger partial charge in [0.05, 0.1) is 19.8 Å². The Morgan fingerprint density at radius 2 is 2.22 bits per heavy atom. The molecule has 1 N–H and O–H groups in total. The summed E-state index contributed by atoms with van der Waals surface area (Å²) in [5.74, 6) is 2.19. The minimum absolute atomic E-state index is 0.259. The van der Waals surface area contributed by atoms with Gasteiger partial charge in [-0.2, -0.15) is 0 Å². The summed E-state index contributed by atoms with van der Waals surface area (Å²) in [6, 6.07) is 4.83. The number of rotatable bonds is 6. The fourth-order valence-corrected chi connectivity index (χ4v) is 3.30. The van der Waals surface area contributed by atoms with Crippen LogP contribution in [0.4, 0.5) is 0 Å². The van der Waals surface area contributed by atoms with E-state index in [2.05, 4.69) is 10.2 Å². The van der Waals surface area contributed by atoms with Crippen LogP contribution in [0.1, 0.15) is 18.4 Å². The smallest absolute Gasteiger partial charge is 0.231 e. The average Bonchev–Trinajstić information content (AvgIpc) is 3.32. The first-order valence-electron chi connectivity index (χ1n) is 8.36. The van der Waals surface area contributed by atoms with Crippen molar-refractivity contribution in [3.8, 4) is 17.2 Å². The van der Waals surface area contributed by atoms with Gasteiger partial charge >= 0.3 is 0 Å². The Kier molecular flexibility index (Phi) is 4.29. The number of methoxy groups -OCH3 is 1. The van der Waals surface area contributed by atoms with Gasteiger partial charge in [-0.3, -0.25) is 4.90 Å². The number of hydrogen-bond acceptors (Lipinski definition) is 6. The van der Waals surface area contributed by atoms with E-state index in [1.165, 1.54) is 12.8 Å². The molecule has 0 radical (unpaired) electrons. The van der Waals surface area contributed by atoms with Gasteiger partial charge in [-0.25, -0.2) is 0 Å². The summed E-state index contributed by atoms with van der Waals surface area (Å²) >= 11 is 0. The van der Waals surface area contributed by atoms with Gasteiger partial charge in [0.1, 0.15) is 0 Å². The third-order valence-electron chi connectivity index (χ3n) is 4.65. The summed E-state index contributed by atoms with van der Waals surface area (Å²) in [7, 11) is 1.65. The summed E-state index contributed by atoms with van der Waals surface area (Å²) in [5.41, 5.74) is 1.13. The zero-order chi connectivity index (χ0) is 15.6. The summed E-state index contributed by atoms with van der Waals surface area (Å²) in [6.07, 6.45) is 2.99. The molecule has 1 atom stereocenters. The standard InChI is InChI=1S/C17H24N2O4/c1-20-15-6-12(7-16-17(15)23-11-22-16)8-18-9-14-10-19(4-5-21-14)13-2-3-13/h6-7,13-14,18H,2-5,8-11H2,1H3/t14-/m1/s1. The van der Waals surface area contributed by atoms with Gasteiger partial charge in [-0.1, -0.05) is 0 Å². The van der Waals surface area contributed by atoms with Gasteiger partial charge in [-0.05, 0) is 30.5 Å². The van der Waals surface area contributed by atoms with E-state index in [4.69, 9.17) is 18.9 Å². The van der Waals surface area contributed by atoms with Crippen molar-refractivity contribution in [2.45, 2.75) is 31.5 Å². The molecule has 1 aromatic carbocycles. The van der Waals surface area contributed by atoms with Crippen LogP contribution in [-0.2, 0) is 11.3 Å². The topological polar surface area (TPSA) is 52.2 Å². The quantitative estimate of drug-likeness (QED) is 0.854. The number of nitrogens with one attached hydrogen (secondary N) is 1. The Hall–Kier alpha value is -1.50. The lowest BCUT2D eigenvalue weighted by Gasteiger charge is -2.33. The van der Waals surface area contributed by atoms with Crippen LogP contribution in [0, 0.1) is 0 Å². The van der Waals surface area contributed by atoms with Gasteiger partial charge < -0.3 is 24.3 Å². The molecule has 1 saturated heterocycles. The molecule has 1 aromatic rings. The highest BCUT2D eigenvalue weighted by molar-refractivity contribution is 5.55. The summed E-state index contributed by atoms with van der Waals surface area (Å²) in [4.78, 5) is 2.57. The molecule has 0 amide bonds. The third kappa shape index (κ3) is 3.39. The largest absolute Gasteiger partial charge is 0.493 e. The normalized spacial score (nSPS) is 24.0. The molecular formula is C17H24N2O4. The lowest BCUT2D eigenvalue weighted by atomic mass is 10.1. The molecule has 23 heavy (non-hydrogen) atoms. The summed E-state index contributed by atoms with van der Waals surface area (Å²) in [5, 5.41) is 3.49. The van der Waals surface area contributed by atoms with E-state index < -0.39 is 0 Å². The first-order chi connectivity index (χ1) is 11.3. The lowest BCUT2D eigenvalue weighted by Crippen LogP contribution is -2.47. The fourth-order valence-electron chi connectivity index (χ4n) is 3.30. The zero-order valence-electron chi connectivity index (χ0n) is 13.5. The monoisotopic (exact) mass is 320 g/mol. The van der Waals surface area contributed by atoms with Crippen LogP contribution in [0.15, 0.2) is 12.1 Å². The molecule has 0 unspecified atom stereocenters. The van der Waals surface area contributed by atoms with Crippen molar-refractivity contribution in [3.63, 3.8) is 0 Å². The predicted molar refractivity (Wildman–Crippen MR) is 85.2 cm³/mol. The average molecular weight is 320 g/mol. The SMILES string of the molecule is COc1cc(CNC[C@@H]2CN(C3CC3)CCO2)cc2c1OCO2. The van der Waals surface area contributed by atoms with E-state index in [9.17, 15) is 0 Å². The highest BCUT2D eigenvalue weighted by atomic mass is 16.7. The van der Waals surface area contributed by atoms with Crippen LogP contribution in [0.2, 0.25) is 0 Å². The highest BCUT2D eigenvalue weighted by Crippen LogP contribution is 2.41. The molecule has 6 heteroatoms. The Morgan fingerprint density at radius 1 is 1.30 bits per heavy atom. The van der Waals surface area contributed by atoms with Crippen molar-refractivity contribution >= 4 is 0 Å². The maximum absolute atomic E-state index is 5.87. The molecule has 2 fully saturated rings. The number of ether oxygens (including phenoxy) is 4. The molecule has 0 spiro atoms. The highest BCUT2D eigenvalue weighted by Gasteiger charge is 2.32. The predicted octanol–water partition coefficient (Wildman–Crippen LogP) is 1.38. The van der Waals surface area contributed by atoms with Crippen LogP contribution in [0.3, 0.4) is 0 Å². The van der Waals surface area contributed by atoms with Crippen molar-refractivity contribution in [2.75, 3.05) is 40.1 Å². The molecule has 1 saturated carbocycles. The van der Waals surface area contributed by atoms with Gasteiger partial charge in [-0.15, -0.1) is 0 Å². The Bertz CT molecular complexity index is 562. The minimum Gasteiger partial charge on any atom is -0.493 e. The van der Waals surface area contributed by atoms with Gasteiger partial charge in [0.25, 0.3) is 0 Å². The van der Waals surface area contributed by atoms with Gasteiger partial charge in [0.15, 0.2) is 11.5 Å². The van der Waals surface area contributed by atoms with Crippen molar-refractivity contribution in [1.29, 1.82) is 0 Å². The van der Waals surface area contributed by atoms with E-state index in [-0.39, 0.29) is 12.9 Å². The molecule has 6 nitrogen and oxygen atoms in total. The number of hydrogen-bond donors (Lipinski definition) is 1. The van der Waals surface area contributed by atoms with Crippen LogP contribution >= 0.6 is 0 Å². The van der Waals surface area contributed by atoms with E-state index in [1.54, 1.807) is 7.11 Å². The molecule has 1 aliphatic carbocycles. The first-order valence-corrected chi connectivity index (χ1v) is 8.36. The van der Waals surface area contributed by atoms with Gasteiger partial charge in [0, 0.05) is 32.2 Å². The number of benzene rings is 1. The van der Waals surface area contributed by atoms with Crippen molar-refractivity contribution in [2.24, 2.45) is 0 Å². The number of fused-ring (bicyclic) bond motifs is 1. The second-order valence-corrected chi connectivity index (χ2v) is 6.38. The van der Waals surface area contributed by atoms with Crippen LogP contribution in [-0.4, -0.2) is 57.2 Å². The second kappa shape index (κ2) is 6.55. The van der Waals surface area contributed by atoms with Crippen molar-refractivity contribution in [3.05, 3.63) is 17.7 Å². The second-order valence-electron chi connectivity index (χ2n) is 6.38. The first kappa shape index (κ1) is 15.1. The van der Waals surface area contributed by atoms with E-state index in [0.29, 0.717) is 5.75 Å². The molecule has 0 aromatic heterocycles. The molecule has 3 aliphatic rings. The van der Waals surface area contributed by atoms with E-state index >= 15 is 0 Å². The molecule has 2 heterocycles. The fraction of sp³-hybridized carbons (Fsp3) is 0.647. The number of nitrogens with zero attached hydrogens (tertiary/aromatic N) is 1. The Balaban J connectivity index is 1.31. The molecule has 4 rings (SSSR count). The van der Waals surface area contributed by atoms with Crippen molar-refractivity contribution < 1.29 is 18.9 Å².